The van der Waals surface area contributed by atoms with Gasteiger partial charge in [-0.3, -0.25) is 14.5 Å². The number of likely N-dealkylation sites (N-methyl/N-ethyl adjacent to an activating group) is 1. The first-order valence-corrected chi connectivity index (χ1v) is 11.4. The van der Waals surface area contributed by atoms with Gasteiger partial charge in [-0.15, -0.1) is 0 Å². The van der Waals surface area contributed by atoms with Gasteiger partial charge in [-0.2, -0.15) is 0 Å². The molecule has 1 heterocycles. The molecule has 0 aromatic heterocycles. The maximum Gasteiger partial charge on any atom is 0.244 e. The summed E-state index contributed by atoms with van der Waals surface area (Å²) in [6.45, 7) is 3.41. The van der Waals surface area contributed by atoms with Gasteiger partial charge >= 0.3 is 0 Å². The van der Waals surface area contributed by atoms with Gasteiger partial charge < -0.3 is 20.1 Å². The smallest absolute Gasteiger partial charge is 0.244 e. The minimum Gasteiger partial charge on any atom is -0.492 e. The van der Waals surface area contributed by atoms with Gasteiger partial charge in [0.2, 0.25) is 11.8 Å². The van der Waals surface area contributed by atoms with Gasteiger partial charge in [0.1, 0.15) is 12.4 Å². The first kappa shape index (κ1) is 24.5. The molecular formula is C26H33N3O4. The second kappa shape index (κ2) is 13.4. The molecule has 1 aliphatic rings. The lowest BCUT2D eigenvalue weighted by molar-refractivity contribution is -0.124. The van der Waals surface area contributed by atoms with Crippen molar-refractivity contribution in [2.75, 3.05) is 40.0 Å². The van der Waals surface area contributed by atoms with Crippen molar-refractivity contribution in [2.24, 2.45) is 0 Å². The van der Waals surface area contributed by atoms with E-state index in [2.05, 4.69) is 22.6 Å². The van der Waals surface area contributed by atoms with Crippen LogP contribution in [-0.4, -0.2) is 62.7 Å². The molecule has 2 aromatic carbocycles. The second-order valence-corrected chi connectivity index (χ2v) is 8.06. The Morgan fingerprint density at radius 3 is 2.67 bits per heavy atom. The van der Waals surface area contributed by atoms with Crippen LogP contribution in [0.3, 0.4) is 0 Å². The summed E-state index contributed by atoms with van der Waals surface area (Å²) in [6.07, 6.45) is 5.26. The Kier molecular flexibility index (Phi) is 9.94. The van der Waals surface area contributed by atoms with Gasteiger partial charge in [0.05, 0.1) is 6.54 Å². The van der Waals surface area contributed by atoms with Crippen molar-refractivity contribution in [3.63, 3.8) is 0 Å². The predicted molar refractivity (Wildman–Crippen MR) is 129 cm³/mol. The highest BCUT2D eigenvalue weighted by atomic mass is 16.5. The molecule has 1 saturated heterocycles. The molecule has 0 spiro atoms. The summed E-state index contributed by atoms with van der Waals surface area (Å²) in [7, 11) is 2.13. The molecule has 0 unspecified atom stereocenters. The molecule has 0 radical (unpaired) electrons. The van der Waals surface area contributed by atoms with E-state index in [9.17, 15) is 9.59 Å². The second-order valence-electron chi connectivity index (χ2n) is 8.06. The fraction of sp³-hybridized carbons (Fsp3) is 0.385. The SMILES string of the molecule is CN(CCOc1cccc(CNC(=O)CNC(=O)/C=C/c2ccccc2)c1)C1CCOCC1. The standard InChI is InChI=1S/C26H33N3O4/c1-29(23-12-15-32-16-13-23)14-17-33-24-9-5-8-22(18-24)19-27-26(31)20-28-25(30)11-10-21-6-3-2-4-7-21/h2-11,18,23H,12-17,19-20H2,1H3,(H,27,31)(H,28,30)/b11-10+. The van der Waals surface area contributed by atoms with E-state index in [4.69, 9.17) is 9.47 Å². The van der Waals surface area contributed by atoms with Gasteiger partial charge in [0.15, 0.2) is 0 Å². The molecule has 0 aliphatic carbocycles. The molecule has 0 bridgehead atoms. The Bertz CT molecular complexity index is 911. The first-order chi connectivity index (χ1) is 16.1. The molecule has 3 rings (SSSR count). The molecule has 7 heteroatoms. The quantitative estimate of drug-likeness (QED) is 0.514. The monoisotopic (exact) mass is 451 g/mol. The third-order valence-corrected chi connectivity index (χ3v) is 5.56. The van der Waals surface area contributed by atoms with E-state index in [0.29, 0.717) is 19.2 Å². The summed E-state index contributed by atoms with van der Waals surface area (Å²) < 4.78 is 11.3. The van der Waals surface area contributed by atoms with Crippen LogP contribution in [0.1, 0.15) is 24.0 Å². The van der Waals surface area contributed by atoms with E-state index in [-0.39, 0.29) is 18.4 Å². The van der Waals surface area contributed by atoms with E-state index in [1.807, 2.05) is 54.6 Å². The number of carbonyl (C=O) groups excluding carboxylic acids is 2. The molecule has 2 amide bonds. The number of carbonyl (C=O) groups is 2. The lowest BCUT2D eigenvalue weighted by Gasteiger charge is -2.31. The van der Waals surface area contributed by atoms with Crippen LogP contribution in [0.5, 0.6) is 5.75 Å². The van der Waals surface area contributed by atoms with Crippen LogP contribution in [0.4, 0.5) is 0 Å². The van der Waals surface area contributed by atoms with Crippen molar-refractivity contribution in [2.45, 2.75) is 25.4 Å². The van der Waals surface area contributed by atoms with E-state index in [0.717, 1.165) is 49.5 Å². The van der Waals surface area contributed by atoms with Crippen LogP contribution in [0.25, 0.3) is 6.08 Å². The van der Waals surface area contributed by atoms with Crippen molar-refractivity contribution in [1.29, 1.82) is 0 Å². The van der Waals surface area contributed by atoms with Crippen molar-refractivity contribution in [3.8, 4) is 5.75 Å². The number of rotatable bonds is 11. The molecule has 0 atom stereocenters. The number of hydrogen-bond acceptors (Lipinski definition) is 5. The Hall–Kier alpha value is -3.16. The Balaban J connectivity index is 1.34. The summed E-state index contributed by atoms with van der Waals surface area (Å²) in [6, 6.07) is 17.8. The van der Waals surface area contributed by atoms with Crippen LogP contribution in [0.2, 0.25) is 0 Å². The largest absolute Gasteiger partial charge is 0.492 e. The van der Waals surface area contributed by atoms with Crippen LogP contribution in [0.15, 0.2) is 60.7 Å². The average Bonchev–Trinajstić information content (AvgIpc) is 2.86. The van der Waals surface area contributed by atoms with Crippen LogP contribution in [-0.2, 0) is 20.9 Å². The van der Waals surface area contributed by atoms with Gasteiger partial charge in [0, 0.05) is 38.4 Å². The highest BCUT2D eigenvalue weighted by Gasteiger charge is 2.18. The normalized spacial score (nSPS) is 14.4. The van der Waals surface area contributed by atoms with E-state index < -0.39 is 0 Å². The first-order valence-electron chi connectivity index (χ1n) is 11.4. The van der Waals surface area contributed by atoms with Crippen molar-refractivity contribution < 1.29 is 19.1 Å². The zero-order valence-electron chi connectivity index (χ0n) is 19.2. The van der Waals surface area contributed by atoms with E-state index in [1.54, 1.807) is 6.08 Å². The van der Waals surface area contributed by atoms with Gasteiger partial charge in [-0.1, -0.05) is 42.5 Å². The maximum absolute atomic E-state index is 12.1. The Morgan fingerprint density at radius 2 is 1.88 bits per heavy atom. The number of ether oxygens (including phenoxy) is 2. The zero-order chi connectivity index (χ0) is 23.3. The van der Waals surface area contributed by atoms with Gasteiger partial charge in [-0.05, 0) is 49.2 Å². The van der Waals surface area contributed by atoms with Crippen molar-refractivity contribution in [1.82, 2.24) is 15.5 Å². The highest BCUT2D eigenvalue weighted by Crippen LogP contribution is 2.15. The summed E-state index contributed by atoms with van der Waals surface area (Å²) in [5.41, 5.74) is 1.86. The van der Waals surface area contributed by atoms with Crippen LogP contribution < -0.4 is 15.4 Å². The molecule has 0 saturated carbocycles. The maximum atomic E-state index is 12.1. The number of amides is 2. The molecular weight excluding hydrogens is 418 g/mol. The third-order valence-electron chi connectivity index (χ3n) is 5.56. The van der Waals surface area contributed by atoms with Crippen molar-refractivity contribution in [3.05, 3.63) is 71.8 Å². The molecule has 7 nitrogen and oxygen atoms in total. The summed E-state index contributed by atoms with van der Waals surface area (Å²) in [4.78, 5) is 26.3. The molecule has 176 valence electrons. The molecule has 2 N–H and O–H groups in total. The fourth-order valence-electron chi connectivity index (χ4n) is 3.59. The van der Waals surface area contributed by atoms with Crippen molar-refractivity contribution >= 4 is 17.9 Å². The minimum absolute atomic E-state index is 0.0767. The minimum atomic E-state index is -0.310. The van der Waals surface area contributed by atoms with E-state index >= 15 is 0 Å². The molecule has 1 aliphatic heterocycles. The number of nitrogens with one attached hydrogen (secondary N) is 2. The fourth-order valence-corrected chi connectivity index (χ4v) is 3.59. The summed E-state index contributed by atoms with van der Waals surface area (Å²) in [5.74, 6) is 0.220. The lowest BCUT2D eigenvalue weighted by Crippen LogP contribution is -2.38. The molecule has 1 fully saturated rings. The Morgan fingerprint density at radius 1 is 1.09 bits per heavy atom. The summed E-state index contributed by atoms with van der Waals surface area (Å²) in [5, 5.41) is 5.41. The zero-order valence-corrected chi connectivity index (χ0v) is 19.2. The topological polar surface area (TPSA) is 79.9 Å². The van der Waals surface area contributed by atoms with Crippen LogP contribution >= 0.6 is 0 Å². The molecule has 33 heavy (non-hydrogen) atoms. The number of benzene rings is 2. The van der Waals surface area contributed by atoms with Crippen LogP contribution in [0, 0.1) is 0 Å². The number of nitrogens with zero attached hydrogens (tertiary/aromatic N) is 1. The highest BCUT2D eigenvalue weighted by molar-refractivity contribution is 5.94. The van der Waals surface area contributed by atoms with Gasteiger partial charge in [0.25, 0.3) is 0 Å². The van der Waals surface area contributed by atoms with E-state index in [1.165, 1.54) is 6.08 Å². The Labute approximate surface area is 195 Å². The third kappa shape index (κ3) is 9.08. The number of hydrogen-bond donors (Lipinski definition) is 2. The van der Waals surface area contributed by atoms with Gasteiger partial charge in [-0.25, -0.2) is 0 Å². The lowest BCUT2D eigenvalue weighted by atomic mass is 10.1. The predicted octanol–water partition coefficient (Wildman–Crippen LogP) is 2.62. The molecule has 2 aromatic rings. The summed E-state index contributed by atoms with van der Waals surface area (Å²) >= 11 is 0. The average molecular weight is 452 g/mol.